The topological polar surface area (TPSA) is 50.7 Å². The molecule has 0 amide bonds. The van der Waals surface area contributed by atoms with Crippen LogP contribution in [-0.2, 0) is 0 Å². The smallest absolute Gasteiger partial charge is 0.152 e. The molecule has 4 nitrogen and oxygen atoms in total. The highest BCUT2D eigenvalue weighted by Crippen LogP contribution is 2.24. The van der Waals surface area contributed by atoms with E-state index in [0.717, 1.165) is 21.5 Å². The SMILES string of the molecule is CNc1nccnc1-c1cncc(Br)c1. The molecule has 0 aliphatic heterocycles. The van der Waals surface area contributed by atoms with E-state index in [1.807, 2.05) is 13.1 Å². The molecule has 0 bridgehead atoms. The first-order valence-electron chi connectivity index (χ1n) is 4.41. The van der Waals surface area contributed by atoms with Gasteiger partial charge in [0.1, 0.15) is 5.69 Å². The molecule has 15 heavy (non-hydrogen) atoms. The van der Waals surface area contributed by atoms with E-state index in [2.05, 4.69) is 36.2 Å². The van der Waals surface area contributed by atoms with Crippen LogP contribution in [0.4, 0.5) is 5.82 Å². The van der Waals surface area contributed by atoms with Gasteiger partial charge in [0.25, 0.3) is 0 Å². The second kappa shape index (κ2) is 4.35. The summed E-state index contributed by atoms with van der Waals surface area (Å²) in [6.07, 6.45) is 6.81. The highest BCUT2D eigenvalue weighted by atomic mass is 79.9. The lowest BCUT2D eigenvalue weighted by molar-refractivity contribution is 1.18. The molecule has 2 aromatic rings. The summed E-state index contributed by atoms with van der Waals surface area (Å²) in [7, 11) is 1.82. The van der Waals surface area contributed by atoms with Crippen molar-refractivity contribution in [3.63, 3.8) is 0 Å². The number of halogens is 1. The fraction of sp³-hybridized carbons (Fsp3) is 0.100. The molecule has 0 saturated carbocycles. The van der Waals surface area contributed by atoms with Gasteiger partial charge in [0.15, 0.2) is 5.82 Å². The molecule has 1 N–H and O–H groups in total. The second-order valence-electron chi connectivity index (χ2n) is 2.90. The van der Waals surface area contributed by atoms with Gasteiger partial charge in [-0.05, 0) is 22.0 Å². The molecule has 0 unspecified atom stereocenters. The maximum absolute atomic E-state index is 4.28. The van der Waals surface area contributed by atoms with Gasteiger partial charge in [0.05, 0.1) is 0 Å². The number of rotatable bonds is 2. The Hall–Kier alpha value is -1.49. The van der Waals surface area contributed by atoms with Crippen molar-refractivity contribution in [1.82, 2.24) is 15.0 Å². The van der Waals surface area contributed by atoms with Gasteiger partial charge in [-0.25, -0.2) is 4.98 Å². The van der Waals surface area contributed by atoms with Crippen molar-refractivity contribution in [2.24, 2.45) is 0 Å². The van der Waals surface area contributed by atoms with Crippen LogP contribution in [0.25, 0.3) is 11.3 Å². The lowest BCUT2D eigenvalue weighted by Crippen LogP contribution is -1.97. The number of nitrogens with one attached hydrogen (secondary N) is 1. The Morgan fingerprint density at radius 2 is 2.00 bits per heavy atom. The van der Waals surface area contributed by atoms with Crippen LogP contribution >= 0.6 is 15.9 Å². The van der Waals surface area contributed by atoms with Gasteiger partial charge in [-0.1, -0.05) is 0 Å². The van der Waals surface area contributed by atoms with Crippen molar-refractivity contribution in [1.29, 1.82) is 0 Å². The fourth-order valence-corrected chi connectivity index (χ4v) is 1.64. The van der Waals surface area contributed by atoms with E-state index in [1.54, 1.807) is 24.8 Å². The molecule has 0 spiro atoms. The minimum Gasteiger partial charge on any atom is -0.371 e. The van der Waals surface area contributed by atoms with E-state index < -0.39 is 0 Å². The summed E-state index contributed by atoms with van der Waals surface area (Å²) in [6, 6.07) is 1.96. The second-order valence-corrected chi connectivity index (χ2v) is 3.81. The first-order valence-corrected chi connectivity index (χ1v) is 5.20. The van der Waals surface area contributed by atoms with Crippen molar-refractivity contribution in [3.05, 3.63) is 35.3 Å². The van der Waals surface area contributed by atoms with Gasteiger partial charge in [0.2, 0.25) is 0 Å². The predicted octanol–water partition coefficient (Wildman–Crippen LogP) is 2.34. The zero-order valence-electron chi connectivity index (χ0n) is 8.11. The third kappa shape index (κ3) is 2.12. The number of hydrogen-bond donors (Lipinski definition) is 1. The standard InChI is InChI=1S/C10H9BrN4/c1-12-10-9(14-2-3-15-10)7-4-8(11)6-13-5-7/h2-6H,1H3,(H,12,15). The van der Waals surface area contributed by atoms with Crippen LogP contribution < -0.4 is 5.32 Å². The lowest BCUT2D eigenvalue weighted by Gasteiger charge is -2.05. The minimum absolute atomic E-state index is 0.748. The number of hydrogen-bond acceptors (Lipinski definition) is 4. The van der Waals surface area contributed by atoms with E-state index in [4.69, 9.17) is 0 Å². The van der Waals surface area contributed by atoms with Crippen LogP contribution in [-0.4, -0.2) is 22.0 Å². The number of aromatic nitrogens is 3. The summed E-state index contributed by atoms with van der Waals surface area (Å²) in [5.41, 5.74) is 1.73. The van der Waals surface area contributed by atoms with Gasteiger partial charge >= 0.3 is 0 Å². The zero-order chi connectivity index (χ0) is 10.7. The quantitative estimate of drug-likeness (QED) is 0.905. The van der Waals surface area contributed by atoms with E-state index in [0.29, 0.717) is 0 Å². The molecular weight excluding hydrogens is 256 g/mol. The van der Waals surface area contributed by atoms with Crippen LogP contribution in [0.3, 0.4) is 0 Å². The average molecular weight is 265 g/mol. The summed E-state index contributed by atoms with van der Waals surface area (Å²) in [6.45, 7) is 0. The molecule has 0 aliphatic rings. The Morgan fingerprint density at radius 3 is 2.73 bits per heavy atom. The first kappa shape index (κ1) is 10.0. The molecule has 0 fully saturated rings. The normalized spacial score (nSPS) is 10.0. The zero-order valence-corrected chi connectivity index (χ0v) is 9.69. The van der Waals surface area contributed by atoms with E-state index in [-0.39, 0.29) is 0 Å². The maximum atomic E-state index is 4.28. The summed E-state index contributed by atoms with van der Waals surface area (Å²) in [5, 5.41) is 3.00. The van der Waals surface area contributed by atoms with Gasteiger partial charge < -0.3 is 5.32 Å². The Balaban J connectivity index is 2.53. The summed E-state index contributed by atoms with van der Waals surface area (Å²) < 4.78 is 0.924. The monoisotopic (exact) mass is 264 g/mol. The van der Waals surface area contributed by atoms with Gasteiger partial charge in [-0.15, -0.1) is 0 Å². The molecular formula is C10H9BrN4. The van der Waals surface area contributed by atoms with Crippen molar-refractivity contribution < 1.29 is 0 Å². The van der Waals surface area contributed by atoms with E-state index >= 15 is 0 Å². The lowest BCUT2D eigenvalue weighted by atomic mass is 10.2. The molecule has 0 radical (unpaired) electrons. The third-order valence-electron chi connectivity index (χ3n) is 1.91. The van der Waals surface area contributed by atoms with Gasteiger partial charge in [0, 0.05) is 41.9 Å². The number of pyridine rings is 1. The summed E-state index contributed by atoms with van der Waals surface area (Å²) in [4.78, 5) is 12.6. The average Bonchev–Trinajstić information content (AvgIpc) is 2.29. The summed E-state index contributed by atoms with van der Waals surface area (Å²) in [5.74, 6) is 0.748. The van der Waals surface area contributed by atoms with E-state index in [9.17, 15) is 0 Å². The Morgan fingerprint density at radius 1 is 1.20 bits per heavy atom. The number of nitrogens with zero attached hydrogens (tertiary/aromatic N) is 3. The molecule has 0 saturated heterocycles. The molecule has 0 aromatic carbocycles. The summed E-state index contributed by atoms with van der Waals surface area (Å²) >= 11 is 3.37. The molecule has 0 atom stereocenters. The van der Waals surface area contributed by atoms with Crippen LogP contribution in [0.1, 0.15) is 0 Å². The van der Waals surface area contributed by atoms with E-state index in [1.165, 1.54) is 0 Å². The Kier molecular flexibility index (Phi) is 2.91. The fourth-order valence-electron chi connectivity index (χ4n) is 1.27. The molecule has 5 heteroatoms. The van der Waals surface area contributed by atoms with Crippen LogP contribution in [0.2, 0.25) is 0 Å². The Bertz CT molecular complexity index is 472. The molecule has 2 rings (SSSR count). The molecule has 76 valence electrons. The highest BCUT2D eigenvalue weighted by Gasteiger charge is 2.06. The van der Waals surface area contributed by atoms with Crippen LogP contribution in [0, 0.1) is 0 Å². The van der Waals surface area contributed by atoms with Crippen molar-refractivity contribution in [2.45, 2.75) is 0 Å². The molecule has 0 aliphatic carbocycles. The minimum atomic E-state index is 0.748. The van der Waals surface area contributed by atoms with Crippen molar-refractivity contribution >= 4 is 21.7 Å². The predicted molar refractivity (Wildman–Crippen MR) is 62.5 cm³/mol. The first-order chi connectivity index (χ1) is 7.31. The molecule has 2 aromatic heterocycles. The van der Waals surface area contributed by atoms with Crippen LogP contribution in [0.15, 0.2) is 35.3 Å². The van der Waals surface area contributed by atoms with Crippen molar-refractivity contribution in [2.75, 3.05) is 12.4 Å². The largest absolute Gasteiger partial charge is 0.371 e. The Labute approximate surface area is 95.9 Å². The van der Waals surface area contributed by atoms with Gasteiger partial charge in [-0.2, -0.15) is 0 Å². The maximum Gasteiger partial charge on any atom is 0.152 e. The van der Waals surface area contributed by atoms with Gasteiger partial charge in [-0.3, -0.25) is 9.97 Å². The van der Waals surface area contributed by atoms with Crippen molar-refractivity contribution in [3.8, 4) is 11.3 Å². The highest BCUT2D eigenvalue weighted by molar-refractivity contribution is 9.10. The van der Waals surface area contributed by atoms with Crippen LogP contribution in [0.5, 0.6) is 0 Å². The number of anilines is 1. The molecule has 2 heterocycles. The third-order valence-corrected chi connectivity index (χ3v) is 2.35.